The molecule has 5 nitrogen and oxygen atoms in total. The second kappa shape index (κ2) is 6.01. The molecular formula is C14H27N5. The van der Waals surface area contributed by atoms with E-state index in [2.05, 4.69) is 41.1 Å². The minimum Gasteiger partial charge on any atom is -0.311 e. The van der Waals surface area contributed by atoms with Gasteiger partial charge in [0.2, 0.25) is 0 Å². The highest BCUT2D eigenvalue weighted by Crippen LogP contribution is 2.25. The Morgan fingerprint density at radius 1 is 1.47 bits per heavy atom. The molecule has 0 saturated carbocycles. The number of aromatic nitrogens is 3. The fourth-order valence-electron chi connectivity index (χ4n) is 2.81. The van der Waals surface area contributed by atoms with Crippen LogP contribution in [0.3, 0.4) is 0 Å². The summed E-state index contributed by atoms with van der Waals surface area (Å²) in [4.78, 5) is 6.95. The molecule has 108 valence electrons. The molecular weight excluding hydrogens is 238 g/mol. The molecule has 0 spiro atoms. The monoisotopic (exact) mass is 265 g/mol. The van der Waals surface area contributed by atoms with Gasteiger partial charge in [0.25, 0.3) is 0 Å². The summed E-state index contributed by atoms with van der Waals surface area (Å²) >= 11 is 0. The minimum absolute atomic E-state index is 0.218. The lowest BCUT2D eigenvalue weighted by atomic mass is 9.91. The van der Waals surface area contributed by atoms with E-state index in [0.29, 0.717) is 6.04 Å². The van der Waals surface area contributed by atoms with E-state index in [1.165, 1.54) is 12.8 Å². The van der Waals surface area contributed by atoms with Gasteiger partial charge in [-0.05, 0) is 19.8 Å². The van der Waals surface area contributed by atoms with Crippen molar-refractivity contribution >= 4 is 0 Å². The van der Waals surface area contributed by atoms with Gasteiger partial charge < -0.3 is 5.32 Å². The summed E-state index contributed by atoms with van der Waals surface area (Å²) in [6.07, 6.45) is 5.27. The molecule has 2 unspecified atom stereocenters. The van der Waals surface area contributed by atoms with E-state index in [9.17, 15) is 0 Å². The van der Waals surface area contributed by atoms with Crippen molar-refractivity contribution in [3.63, 3.8) is 0 Å². The van der Waals surface area contributed by atoms with Gasteiger partial charge in [-0.15, -0.1) is 0 Å². The fraction of sp³-hybridized carbons (Fsp3) is 0.857. The topological polar surface area (TPSA) is 46.0 Å². The Morgan fingerprint density at radius 3 is 2.84 bits per heavy atom. The van der Waals surface area contributed by atoms with Gasteiger partial charge >= 0.3 is 0 Å². The van der Waals surface area contributed by atoms with Gasteiger partial charge in [-0.2, -0.15) is 5.10 Å². The third-order valence-electron chi connectivity index (χ3n) is 4.51. The number of aryl methyl sites for hydroxylation is 1. The summed E-state index contributed by atoms with van der Waals surface area (Å²) in [5.41, 5.74) is 0.218. The van der Waals surface area contributed by atoms with Gasteiger partial charge in [0.05, 0.1) is 6.54 Å². The van der Waals surface area contributed by atoms with Crippen LogP contribution in [0.25, 0.3) is 0 Å². The predicted octanol–water partition coefficient (Wildman–Crippen LogP) is 1.56. The Morgan fingerprint density at radius 2 is 2.26 bits per heavy atom. The van der Waals surface area contributed by atoms with E-state index in [4.69, 9.17) is 0 Å². The van der Waals surface area contributed by atoms with Gasteiger partial charge in [-0.25, -0.2) is 4.98 Å². The molecule has 2 atom stereocenters. The molecule has 2 heterocycles. The van der Waals surface area contributed by atoms with E-state index in [0.717, 1.165) is 31.9 Å². The van der Waals surface area contributed by atoms with Crippen molar-refractivity contribution < 1.29 is 0 Å². The number of nitrogens with zero attached hydrogens (tertiary/aromatic N) is 4. The quantitative estimate of drug-likeness (QED) is 0.877. The van der Waals surface area contributed by atoms with Crippen LogP contribution < -0.4 is 5.32 Å². The first-order valence-corrected chi connectivity index (χ1v) is 7.40. The molecule has 1 fully saturated rings. The molecule has 1 aliphatic rings. The molecule has 0 amide bonds. The molecule has 0 radical (unpaired) electrons. The standard InChI is InChI=1S/C14H27N5/c1-5-7-12-8-19(14(3,6-2)10-15-12)9-13-16-11-17-18(13)4/h11-12,15H,5-10H2,1-4H3. The lowest BCUT2D eigenvalue weighted by molar-refractivity contribution is 0.0365. The summed E-state index contributed by atoms with van der Waals surface area (Å²) in [5, 5.41) is 7.88. The predicted molar refractivity (Wildman–Crippen MR) is 76.8 cm³/mol. The second-order valence-corrected chi connectivity index (χ2v) is 5.90. The van der Waals surface area contributed by atoms with Gasteiger partial charge in [-0.1, -0.05) is 20.3 Å². The molecule has 1 N–H and O–H groups in total. The highest BCUT2D eigenvalue weighted by Gasteiger charge is 2.36. The van der Waals surface area contributed by atoms with Crippen molar-refractivity contribution in [1.29, 1.82) is 0 Å². The summed E-state index contributed by atoms with van der Waals surface area (Å²) in [6, 6.07) is 0.609. The van der Waals surface area contributed by atoms with Crippen molar-refractivity contribution in [2.24, 2.45) is 7.05 Å². The van der Waals surface area contributed by atoms with Crippen molar-refractivity contribution in [2.45, 2.75) is 58.2 Å². The fourth-order valence-corrected chi connectivity index (χ4v) is 2.81. The van der Waals surface area contributed by atoms with Crippen LogP contribution in [0.4, 0.5) is 0 Å². The SMILES string of the molecule is CCCC1CN(Cc2ncnn2C)C(C)(CC)CN1. The van der Waals surface area contributed by atoms with Crippen LogP contribution in [0.15, 0.2) is 6.33 Å². The second-order valence-electron chi connectivity index (χ2n) is 5.90. The number of hydrogen-bond donors (Lipinski definition) is 1. The summed E-state index contributed by atoms with van der Waals surface area (Å²) in [7, 11) is 1.97. The Labute approximate surface area is 116 Å². The highest BCUT2D eigenvalue weighted by molar-refractivity contribution is 4.97. The summed E-state index contributed by atoms with van der Waals surface area (Å²) < 4.78 is 1.88. The van der Waals surface area contributed by atoms with Crippen molar-refractivity contribution in [1.82, 2.24) is 25.0 Å². The van der Waals surface area contributed by atoms with Gasteiger partial charge in [0.1, 0.15) is 12.2 Å². The third-order valence-corrected chi connectivity index (χ3v) is 4.51. The van der Waals surface area contributed by atoms with Gasteiger partial charge in [0, 0.05) is 31.7 Å². The number of nitrogens with one attached hydrogen (secondary N) is 1. The number of hydrogen-bond acceptors (Lipinski definition) is 4. The molecule has 2 rings (SSSR count). The van der Waals surface area contributed by atoms with Crippen molar-refractivity contribution in [3.8, 4) is 0 Å². The minimum atomic E-state index is 0.218. The zero-order chi connectivity index (χ0) is 13.9. The van der Waals surface area contributed by atoms with Crippen molar-refractivity contribution in [2.75, 3.05) is 13.1 Å². The van der Waals surface area contributed by atoms with E-state index in [1.54, 1.807) is 6.33 Å². The van der Waals surface area contributed by atoms with Crippen LogP contribution in [-0.2, 0) is 13.6 Å². The summed E-state index contributed by atoms with van der Waals surface area (Å²) in [6.45, 7) is 9.92. The molecule has 1 aromatic rings. The van der Waals surface area contributed by atoms with Crippen LogP contribution in [0.2, 0.25) is 0 Å². The Hall–Kier alpha value is -0.940. The third kappa shape index (κ3) is 3.15. The van der Waals surface area contributed by atoms with E-state index in [-0.39, 0.29) is 5.54 Å². The first-order valence-electron chi connectivity index (χ1n) is 7.40. The molecule has 0 aliphatic carbocycles. The Balaban J connectivity index is 2.10. The average molecular weight is 265 g/mol. The lowest BCUT2D eigenvalue weighted by Gasteiger charge is -2.47. The Kier molecular flexibility index (Phi) is 4.58. The number of piperazine rings is 1. The van der Waals surface area contributed by atoms with Crippen LogP contribution in [0.1, 0.15) is 45.9 Å². The van der Waals surface area contributed by atoms with Gasteiger partial charge in [-0.3, -0.25) is 9.58 Å². The van der Waals surface area contributed by atoms with E-state index < -0.39 is 0 Å². The summed E-state index contributed by atoms with van der Waals surface area (Å²) in [5.74, 6) is 1.05. The first-order chi connectivity index (χ1) is 9.09. The largest absolute Gasteiger partial charge is 0.311 e. The van der Waals surface area contributed by atoms with Crippen LogP contribution in [-0.4, -0.2) is 44.3 Å². The lowest BCUT2D eigenvalue weighted by Crippen LogP contribution is -2.62. The van der Waals surface area contributed by atoms with Crippen LogP contribution in [0, 0.1) is 0 Å². The molecule has 1 saturated heterocycles. The maximum atomic E-state index is 4.37. The van der Waals surface area contributed by atoms with Crippen LogP contribution in [0.5, 0.6) is 0 Å². The molecule has 5 heteroatoms. The van der Waals surface area contributed by atoms with E-state index >= 15 is 0 Å². The molecule has 1 aliphatic heterocycles. The molecule has 1 aromatic heterocycles. The maximum Gasteiger partial charge on any atom is 0.140 e. The Bertz CT molecular complexity index is 402. The normalized spacial score (nSPS) is 28.7. The maximum absolute atomic E-state index is 4.37. The van der Waals surface area contributed by atoms with Gasteiger partial charge in [0.15, 0.2) is 0 Å². The van der Waals surface area contributed by atoms with E-state index in [1.807, 2.05) is 11.7 Å². The number of rotatable bonds is 5. The smallest absolute Gasteiger partial charge is 0.140 e. The molecule has 19 heavy (non-hydrogen) atoms. The van der Waals surface area contributed by atoms with Crippen LogP contribution >= 0.6 is 0 Å². The zero-order valence-corrected chi connectivity index (χ0v) is 12.7. The van der Waals surface area contributed by atoms with Crippen molar-refractivity contribution in [3.05, 3.63) is 12.2 Å². The molecule has 0 bridgehead atoms. The highest BCUT2D eigenvalue weighted by atomic mass is 15.4. The molecule has 0 aromatic carbocycles. The first kappa shape index (κ1) is 14.5. The average Bonchev–Trinajstić information content (AvgIpc) is 2.80. The zero-order valence-electron chi connectivity index (χ0n) is 12.7.